The molecule has 2 aromatic rings. The third-order valence-corrected chi connectivity index (χ3v) is 6.06. The number of hydrogen-bond donors (Lipinski definition) is 0. The molecule has 30 heavy (non-hydrogen) atoms. The number of pyridine rings is 1. The van der Waals surface area contributed by atoms with Gasteiger partial charge in [0.05, 0.1) is 18.7 Å². The summed E-state index contributed by atoms with van der Waals surface area (Å²) in [6.07, 6.45) is 1.68. The minimum Gasteiger partial charge on any atom is -0.497 e. The van der Waals surface area contributed by atoms with Crippen LogP contribution in [0.3, 0.4) is 0 Å². The van der Waals surface area contributed by atoms with Crippen LogP contribution in [0, 0.1) is 0 Å². The minimum atomic E-state index is 0.224. The summed E-state index contributed by atoms with van der Waals surface area (Å²) < 4.78 is 5.23. The second-order valence-corrected chi connectivity index (χ2v) is 8.10. The molecule has 0 bridgehead atoms. The number of amides is 1. The fraction of sp³-hybridized carbons (Fsp3) is 0.455. The van der Waals surface area contributed by atoms with Crippen LogP contribution in [0.5, 0.6) is 5.75 Å². The van der Waals surface area contributed by atoms with E-state index in [9.17, 15) is 4.79 Å². The average Bonchev–Trinajstić information content (AvgIpc) is 2.80. The van der Waals surface area contributed by atoms with Gasteiger partial charge in [-0.2, -0.15) is 0 Å². The molecule has 2 aliphatic heterocycles. The lowest BCUT2D eigenvalue weighted by Crippen LogP contribution is -2.54. The molecule has 160 valence electrons. The van der Waals surface area contributed by atoms with Crippen LogP contribution in [0.1, 0.15) is 0 Å². The summed E-state index contributed by atoms with van der Waals surface area (Å²) >= 11 is 5.92. The predicted octanol–water partition coefficient (Wildman–Crippen LogP) is 2.21. The fourth-order valence-corrected chi connectivity index (χ4v) is 4.10. The second-order valence-electron chi connectivity index (χ2n) is 7.66. The van der Waals surface area contributed by atoms with Crippen LogP contribution in [0.4, 0.5) is 11.5 Å². The van der Waals surface area contributed by atoms with Gasteiger partial charge in [-0.3, -0.25) is 9.69 Å². The Labute approximate surface area is 182 Å². The summed E-state index contributed by atoms with van der Waals surface area (Å²) in [6, 6.07) is 11.9. The smallest absolute Gasteiger partial charge is 0.236 e. The van der Waals surface area contributed by atoms with Gasteiger partial charge in [0.2, 0.25) is 5.91 Å². The Balaban J connectivity index is 1.22. The molecule has 0 unspecified atom stereocenters. The van der Waals surface area contributed by atoms with E-state index >= 15 is 0 Å². The molecule has 0 radical (unpaired) electrons. The second kappa shape index (κ2) is 9.53. The largest absolute Gasteiger partial charge is 0.497 e. The highest BCUT2D eigenvalue weighted by atomic mass is 35.5. The highest BCUT2D eigenvalue weighted by molar-refractivity contribution is 6.30. The standard InChI is InChI=1S/C22H28ClN5O2/c1-30-20-5-3-19(4-6-20)26-12-14-28(15-13-26)22(29)17-25-8-10-27(11-9-25)21-7-2-18(23)16-24-21/h2-7,16H,8-15,17H2,1H3. The first-order valence-corrected chi connectivity index (χ1v) is 10.8. The monoisotopic (exact) mass is 429 g/mol. The van der Waals surface area contributed by atoms with E-state index < -0.39 is 0 Å². The van der Waals surface area contributed by atoms with Gasteiger partial charge in [0, 0.05) is 64.2 Å². The Morgan fingerprint density at radius 2 is 1.60 bits per heavy atom. The molecule has 1 amide bonds. The first-order chi connectivity index (χ1) is 14.6. The number of halogens is 1. The van der Waals surface area contributed by atoms with Crippen LogP contribution < -0.4 is 14.5 Å². The van der Waals surface area contributed by atoms with E-state index in [-0.39, 0.29) is 5.91 Å². The molecule has 8 heteroatoms. The molecule has 7 nitrogen and oxygen atoms in total. The number of benzene rings is 1. The average molecular weight is 430 g/mol. The lowest BCUT2D eigenvalue weighted by molar-refractivity contribution is -0.132. The number of methoxy groups -OCH3 is 1. The third kappa shape index (κ3) is 4.96. The van der Waals surface area contributed by atoms with Crippen LogP contribution in [-0.4, -0.2) is 86.7 Å². The summed E-state index contributed by atoms with van der Waals surface area (Å²) in [7, 11) is 1.67. The van der Waals surface area contributed by atoms with Crippen LogP contribution in [0.2, 0.25) is 5.02 Å². The van der Waals surface area contributed by atoms with Gasteiger partial charge < -0.3 is 19.4 Å². The van der Waals surface area contributed by atoms with Crippen molar-refractivity contribution >= 4 is 29.0 Å². The van der Waals surface area contributed by atoms with Crippen molar-refractivity contribution in [2.75, 3.05) is 75.8 Å². The number of carbonyl (C=O) groups excluding carboxylic acids is 1. The van der Waals surface area contributed by atoms with Gasteiger partial charge in [-0.25, -0.2) is 4.98 Å². The predicted molar refractivity (Wildman–Crippen MR) is 120 cm³/mol. The van der Waals surface area contributed by atoms with E-state index in [1.807, 2.05) is 29.2 Å². The van der Waals surface area contributed by atoms with Crippen LogP contribution >= 0.6 is 11.6 Å². The van der Waals surface area contributed by atoms with Crippen LogP contribution in [-0.2, 0) is 4.79 Å². The first kappa shape index (κ1) is 20.8. The van der Waals surface area contributed by atoms with Crippen LogP contribution in [0.25, 0.3) is 0 Å². The van der Waals surface area contributed by atoms with E-state index in [0.717, 1.165) is 63.9 Å². The molecule has 2 aliphatic rings. The van der Waals surface area contributed by atoms with Crippen molar-refractivity contribution in [1.82, 2.24) is 14.8 Å². The number of nitrogens with zero attached hydrogens (tertiary/aromatic N) is 5. The molecule has 3 heterocycles. The molecule has 4 rings (SSSR count). The number of anilines is 2. The van der Waals surface area contributed by atoms with E-state index in [1.54, 1.807) is 13.3 Å². The zero-order chi connectivity index (χ0) is 20.9. The van der Waals surface area contributed by atoms with Gasteiger partial charge in [-0.1, -0.05) is 11.6 Å². The summed E-state index contributed by atoms with van der Waals surface area (Å²) in [4.78, 5) is 26.0. The van der Waals surface area contributed by atoms with Crippen molar-refractivity contribution in [2.24, 2.45) is 0 Å². The first-order valence-electron chi connectivity index (χ1n) is 10.4. The van der Waals surface area contributed by atoms with Gasteiger partial charge in [-0.15, -0.1) is 0 Å². The molecule has 1 aromatic heterocycles. The van der Waals surface area contributed by atoms with E-state index in [4.69, 9.17) is 16.3 Å². The number of hydrogen-bond acceptors (Lipinski definition) is 6. The van der Waals surface area contributed by atoms with Gasteiger partial charge in [0.15, 0.2) is 0 Å². The minimum absolute atomic E-state index is 0.224. The van der Waals surface area contributed by atoms with Gasteiger partial charge in [-0.05, 0) is 36.4 Å². The van der Waals surface area contributed by atoms with E-state index in [0.29, 0.717) is 11.6 Å². The van der Waals surface area contributed by atoms with Crippen LogP contribution in [0.15, 0.2) is 42.6 Å². The van der Waals surface area contributed by atoms with Crippen molar-refractivity contribution in [1.29, 1.82) is 0 Å². The van der Waals surface area contributed by atoms with Gasteiger partial charge in [0.25, 0.3) is 0 Å². The SMILES string of the molecule is COc1ccc(N2CCN(C(=O)CN3CCN(c4ccc(Cl)cn4)CC3)CC2)cc1. The normalized spacial score (nSPS) is 17.9. The maximum absolute atomic E-state index is 12.8. The summed E-state index contributed by atoms with van der Waals surface area (Å²) in [5.41, 5.74) is 1.18. The maximum atomic E-state index is 12.8. The summed E-state index contributed by atoms with van der Waals surface area (Å²) in [5, 5.41) is 0.648. The lowest BCUT2D eigenvalue weighted by atomic mass is 10.2. The molecule has 2 fully saturated rings. The van der Waals surface area contributed by atoms with E-state index in [2.05, 4.69) is 31.8 Å². The molecular formula is C22H28ClN5O2. The zero-order valence-corrected chi connectivity index (χ0v) is 18.1. The molecule has 1 aromatic carbocycles. The van der Waals surface area contributed by atoms with Gasteiger partial charge >= 0.3 is 0 Å². The summed E-state index contributed by atoms with van der Waals surface area (Å²) in [5.74, 6) is 2.03. The van der Waals surface area contributed by atoms with Crippen molar-refractivity contribution in [2.45, 2.75) is 0 Å². The Hall–Kier alpha value is -2.51. The Kier molecular flexibility index (Phi) is 6.59. The number of ether oxygens (including phenoxy) is 1. The molecule has 0 aliphatic carbocycles. The molecule has 0 saturated carbocycles. The molecule has 2 saturated heterocycles. The Bertz CT molecular complexity index is 830. The third-order valence-electron chi connectivity index (χ3n) is 5.84. The number of aromatic nitrogens is 1. The number of rotatable bonds is 5. The quantitative estimate of drug-likeness (QED) is 0.726. The lowest BCUT2D eigenvalue weighted by Gasteiger charge is -2.39. The maximum Gasteiger partial charge on any atom is 0.236 e. The van der Waals surface area contributed by atoms with Crippen molar-refractivity contribution < 1.29 is 9.53 Å². The van der Waals surface area contributed by atoms with E-state index in [1.165, 1.54) is 5.69 Å². The topological polar surface area (TPSA) is 52.2 Å². The molecule has 0 atom stereocenters. The summed E-state index contributed by atoms with van der Waals surface area (Å²) in [6.45, 7) is 7.19. The number of piperazine rings is 2. The van der Waals surface area contributed by atoms with Gasteiger partial charge in [0.1, 0.15) is 11.6 Å². The Morgan fingerprint density at radius 1 is 0.933 bits per heavy atom. The molecular weight excluding hydrogens is 402 g/mol. The molecule has 0 spiro atoms. The Morgan fingerprint density at radius 3 is 2.20 bits per heavy atom. The fourth-order valence-electron chi connectivity index (χ4n) is 3.99. The highest BCUT2D eigenvalue weighted by Gasteiger charge is 2.25. The highest BCUT2D eigenvalue weighted by Crippen LogP contribution is 2.21. The molecule has 0 N–H and O–H groups in total. The van der Waals surface area contributed by atoms with Crippen molar-refractivity contribution in [3.8, 4) is 5.75 Å². The van der Waals surface area contributed by atoms with Crippen molar-refractivity contribution in [3.05, 3.63) is 47.6 Å². The van der Waals surface area contributed by atoms with Crippen molar-refractivity contribution in [3.63, 3.8) is 0 Å². The zero-order valence-electron chi connectivity index (χ0n) is 17.3. The number of carbonyl (C=O) groups is 1.